The molecule has 0 aromatic heterocycles. The Hall–Kier alpha value is -2.04. The normalized spacial score (nSPS) is 10.3. The lowest BCUT2D eigenvalue weighted by atomic mass is 10.1. The number of aryl methyl sites for hydroxylation is 1. The molecule has 0 saturated heterocycles. The van der Waals surface area contributed by atoms with Crippen molar-refractivity contribution in [2.24, 2.45) is 11.7 Å². The maximum atomic E-state index is 11.5. The number of ether oxygens (including phenoxy) is 1. The predicted octanol–water partition coefficient (Wildman–Crippen LogP) is 1.24. The molecule has 0 fully saturated rings. The average Bonchev–Trinajstić information content (AvgIpc) is 2.33. The molecule has 5 heteroatoms. The number of carbonyl (C=O) groups is 2. The second-order valence-corrected chi connectivity index (χ2v) is 4.85. The molecule has 0 atom stereocenters. The number of hydrogen-bond acceptors (Lipinski definition) is 3. The number of nitrogens with two attached hydrogens (primary N) is 1. The topological polar surface area (TPSA) is 81.4 Å². The number of rotatable bonds is 6. The third-order valence-electron chi connectivity index (χ3n) is 2.47. The van der Waals surface area contributed by atoms with Crippen LogP contribution in [0.3, 0.4) is 0 Å². The fraction of sp³-hybridized carbons (Fsp3) is 0.429. The summed E-state index contributed by atoms with van der Waals surface area (Å²) in [7, 11) is 0. The molecule has 0 heterocycles. The highest BCUT2D eigenvalue weighted by Gasteiger charge is 2.11. The van der Waals surface area contributed by atoms with E-state index in [-0.39, 0.29) is 18.1 Å². The van der Waals surface area contributed by atoms with E-state index in [2.05, 4.69) is 5.32 Å². The first-order chi connectivity index (χ1) is 8.90. The maximum Gasteiger partial charge on any atom is 0.257 e. The summed E-state index contributed by atoms with van der Waals surface area (Å²) in [6.45, 7) is 6.35. The second-order valence-electron chi connectivity index (χ2n) is 4.85. The largest absolute Gasteiger partial charge is 0.483 e. The molecule has 1 aromatic carbocycles. The van der Waals surface area contributed by atoms with Crippen LogP contribution in [0.5, 0.6) is 5.75 Å². The molecule has 0 aliphatic carbocycles. The zero-order valence-electron chi connectivity index (χ0n) is 11.5. The summed E-state index contributed by atoms with van der Waals surface area (Å²) in [5, 5.41) is 2.74. The first kappa shape index (κ1) is 15.0. The van der Waals surface area contributed by atoms with Crippen LogP contribution in [0.2, 0.25) is 0 Å². The predicted molar refractivity (Wildman–Crippen MR) is 73.0 cm³/mol. The van der Waals surface area contributed by atoms with Crippen molar-refractivity contribution in [2.75, 3.05) is 13.2 Å². The monoisotopic (exact) mass is 264 g/mol. The Bertz CT molecular complexity index is 470. The van der Waals surface area contributed by atoms with Crippen molar-refractivity contribution in [3.8, 4) is 5.75 Å². The van der Waals surface area contributed by atoms with E-state index in [9.17, 15) is 9.59 Å². The van der Waals surface area contributed by atoms with Gasteiger partial charge in [0.2, 0.25) is 0 Å². The minimum atomic E-state index is -0.572. The summed E-state index contributed by atoms with van der Waals surface area (Å²) in [6, 6.07) is 5.06. The standard InChI is InChI=1S/C14H20N2O3/c1-9(2)7-16-13(17)8-19-12-6-10(3)4-5-11(12)14(15)18/h4-6,9H,7-8H2,1-3H3,(H2,15,18)(H,16,17). The van der Waals surface area contributed by atoms with Crippen LogP contribution in [-0.2, 0) is 4.79 Å². The van der Waals surface area contributed by atoms with Crippen LogP contribution in [0.4, 0.5) is 0 Å². The first-order valence-corrected chi connectivity index (χ1v) is 6.20. The molecular formula is C14H20N2O3. The first-order valence-electron chi connectivity index (χ1n) is 6.20. The Kier molecular flexibility index (Phi) is 5.36. The van der Waals surface area contributed by atoms with Gasteiger partial charge in [-0.05, 0) is 30.5 Å². The summed E-state index contributed by atoms with van der Waals surface area (Å²) in [5.74, 6) is -0.0699. The molecular weight excluding hydrogens is 244 g/mol. The van der Waals surface area contributed by atoms with E-state index in [4.69, 9.17) is 10.5 Å². The van der Waals surface area contributed by atoms with E-state index in [1.165, 1.54) is 0 Å². The van der Waals surface area contributed by atoms with E-state index in [1.807, 2.05) is 20.8 Å². The Balaban J connectivity index is 2.64. The molecule has 0 radical (unpaired) electrons. The van der Waals surface area contributed by atoms with Gasteiger partial charge in [-0.25, -0.2) is 0 Å². The van der Waals surface area contributed by atoms with Crippen molar-refractivity contribution in [2.45, 2.75) is 20.8 Å². The highest BCUT2D eigenvalue weighted by molar-refractivity contribution is 5.95. The molecule has 104 valence electrons. The average molecular weight is 264 g/mol. The number of primary amides is 1. The maximum absolute atomic E-state index is 11.5. The third-order valence-corrected chi connectivity index (χ3v) is 2.47. The van der Waals surface area contributed by atoms with Gasteiger partial charge in [0.25, 0.3) is 11.8 Å². The molecule has 1 rings (SSSR count). The van der Waals surface area contributed by atoms with Crippen LogP contribution in [0.25, 0.3) is 0 Å². The van der Waals surface area contributed by atoms with Gasteiger partial charge in [-0.3, -0.25) is 9.59 Å². The Morgan fingerprint density at radius 1 is 1.37 bits per heavy atom. The minimum absolute atomic E-state index is 0.129. The fourth-order valence-corrected chi connectivity index (χ4v) is 1.46. The van der Waals surface area contributed by atoms with Crippen LogP contribution in [0.15, 0.2) is 18.2 Å². The van der Waals surface area contributed by atoms with Crippen LogP contribution < -0.4 is 15.8 Å². The molecule has 0 unspecified atom stereocenters. The molecule has 0 spiro atoms. The molecule has 2 amide bonds. The summed E-state index contributed by atoms with van der Waals surface area (Å²) in [4.78, 5) is 22.8. The third kappa shape index (κ3) is 4.99. The van der Waals surface area contributed by atoms with Crippen molar-refractivity contribution < 1.29 is 14.3 Å². The highest BCUT2D eigenvalue weighted by Crippen LogP contribution is 2.19. The zero-order chi connectivity index (χ0) is 14.4. The van der Waals surface area contributed by atoms with Crippen molar-refractivity contribution in [3.05, 3.63) is 29.3 Å². The van der Waals surface area contributed by atoms with Gasteiger partial charge < -0.3 is 15.8 Å². The van der Waals surface area contributed by atoms with Crippen LogP contribution >= 0.6 is 0 Å². The van der Waals surface area contributed by atoms with Gasteiger partial charge in [-0.15, -0.1) is 0 Å². The molecule has 0 aliphatic heterocycles. The lowest BCUT2D eigenvalue weighted by molar-refractivity contribution is -0.123. The van der Waals surface area contributed by atoms with E-state index in [0.717, 1.165) is 5.56 Å². The van der Waals surface area contributed by atoms with Crippen molar-refractivity contribution >= 4 is 11.8 Å². The molecule has 0 aliphatic rings. The molecule has 0 bridgehead atoms. The van der Waals surface area contributed by atoms with Gasteiger partial charge in [0, 0.05) is 6.54 Å². The summed E-state index contributed by atoms with van der Waals surface area (Å²) in [6.07, 6.45) is 0. The van der Waals surface area contributed by atoms with Gasteiger partial charge in [0.15, 0.2) is 6.61 Å². The number of benzene rings is 1. The number of nitrogens with one attached hydrogen (secondary N) is 1. The van der Waals surface area contributed by atoms with Gasteiger partial charge in [0.1, 0.15) is 5.75 Å². The van der Waals surface area contributed by atoms with Crippen molar-refractivity contribution in [1.82, 2.24) is 5.32 Å². The summed E-state index contributed by atoms with van der Waals surface area (Å²) in [5.41, 5.74) is 6.46. The van der Waals surface area contributed by atoms with Gasteiger partial charge in [0.05, 0.1) is 5.56 Å². The second kappa shape index (κ2) is 6.78. The van der Waals surface area contributed by atoms with Crippen LogP contribution in [0.1, 0.15) is 29.8 Å². The van der Waals surface area contributed by atoms with E-state index < -0.39 is 5.91 Å². The fourth-order valence-electron chi connectivity index (χ4n) is 1.46. The van der Waals surface area contributed by atoms with E-state index in [0.29, 0.717) is 18.2 Å². The van der Waals surface area contributed by atoms with Crippen molar-refractivity contribution in [1.29, 1.82) is 0 Å². The number of hydrogen-bond donors (Lipinski definition) is 2. The van der Waals surface area contributed by atoms with Gasteiger partial charge in [-0.1, -0.05) is 19.9 Å². The van der Waals surface area contributed by atoms with Gasteiger partial charge >= 0.3 is 0 Å². The smallest absolute Gasteiger partial charge is 0.257 e. The van der Waals surface area contributed by atoms with E-state index >= 15 is 0 Å². The molecule has 1 aromatic rings. The highest BCUT2D eigenvalue weighted by atomic mass is 16.5. The van der Waals surface area contributed by atoms with E-state index in [1.54, 1.807) is 18.2 Å². The molecule has 3 N–H and O–H groups in total. The Labute approximate surface area is 113 Å². The quantitative estimate of drug-likeness (QED) is 0.811. The summed E-state index contributed by atoms with van der Waals surface area (Å²) >= 11 is 0. The Morgan fingerprint density at radius 3 is 2.63 bits per heavy atom. The van der Waals surface area contributed by atoms with Crippen LogP contribution in [0, 0.1) is 12.8 Å². The summed E-state index contributed by atoms with van der Waals surface area (Å²) < 4.78 is 5.36. The number of amides is 2. The minimum Gasteiger partial charge on any atom is -0.483 e. The molecule has 0 saturated carbocycles. The Morgan fingerprint density at radius 2 is 2.05 bits per heavy atom. The zero-order valence-corrected chi connectivity index (χ0v) is 11.5. The SMILES string of the molecule is Cc1ccc(C(N)=O)c(OCC(=O)NCC(C)C)c1. The number of carbonyl (C=O) groups excluding carboxylic acids is 2. The van der Waals surface area contributed by atoms with Gasteiger partial charge in [-0.2, -0.15) is 0 Å². The van der Waals surface area contributed by atoms with Crippen LogP contribution in [-0.4, -0.2) is 25.0 Å². The van der Waals surface area contributed by atoms with Crippen molar-refractivity contribution in [3.63, 3.8) is 0 Å². The molecule has 19 heavy (non-hydrogen) atoms. The lowest BCUT2D eigenvalue weighted by Crippen LogP contribution is -2.32. The molecule has 5 nitrogen and oxygen atoms in total. The lowest BCUT2D eigenvalue weighted by Gasteiger charge is -2.11.